The summed E-state index contributed by atoms with van der Waals surface area (Å²) >= 11 is 0. The molecule has 1 amide bonds. The quantitative estimate of drug-likeness (QED) is 0.900. The van der Waals surface area contributed by atoms with E-state index in [2.05, 4.69) is 10.3 Å². The van der Waals surface area contributed by atoms with Gasteiger partial charge in [0, 0.05) is 6.54 Å². The van der Waals surface area contributed by atoms with Gasteiger partial charge in [-0.15, -0.1) is 0 Å². The lowest BCUT2D eigenvalue weighted by Crippen LogP contribution is -2.34. The maximum Gasteiger partial charge on any atom is 0.449 e. The molecule has 1 heterocycles. The highest BCUT2D eigenvalue weighted by atomic mass is 19.4. The first kappa shape index (κ1) is 15.3. The molecule has 0 bridgehead atoms. The van der Waals surface area contributed by atoms with Crippen molar-refractivity contribution in [1.82, 2.24) is 14.9 Å². The van der Waals surface area contributed by atoms with Crippen molar-refractivity contribution in [1.29, 1.82) is 0 Å². The number of benzene rings is 1. The monoisotopic (exact) mass is 301 g/mol. The van der Waals surface area contributed by atoms with Crippen LogP contribution in [0.3, 0.4) is 0 Å². The lowest BCUT2D eigenvalue weighted by molar-refractivity contribution is -0.147. The number of imidazole rings is 1. The van der Waals surface area contributed by atoms with E-state index in [4.69, 9.17) is 5.11 Å². The number of aromatic nitrogens is 2. The van der Waals surface area contributed by atoms with E-state index in [1.165, 1.54) is 19.1 Å². The van der Waals surface area contributed by atoms with E-state index in [-0.39, 0.29) is 17.6 Å². The Bertz CT molecular complexity index is 650. The van der Waals surface area contributed by atoms with E-state index in [0.29, 0.717) is 0 Å². The van der Waals surface area contributed by atoms with Gasteiger partial charge in [0.2, 0.25) is 11.7 Å². The van der Waals surface area contributed by atoms with Gasteiger partial charge in [-0.2, -0.15) is 13.2 Å². The zero-order chi connectivity index (χ0) is 15.6. The molecule has 0 aliphatic heterocycles. The standard InChI is InChI=1S/C13H14F3N3O2/c1-8(20)6-17-11(21)7-19-10-5-3-2-4-9(10)18-12(19)13(14,15)16/h2-5,8,20H,6-7H2,1H3,(H,17,21). The highest BCUT2D eigenvalue weighted by Gasteiger charge is 2.37. The normalized spacial score (nSPS) is 13.4. The molecule has 2 N–H and O–H groups in total. The third-order valence-electron chi connectivity index (χ3n) is 2.80. The van der Waals surface area contributed by atoms with Crippen LogP contribution in [-0.2, 0) is 17.5 Å². The molecule has 0 radical (unpaired) electrons. The summed E-state index contributed by atoms with van der Waals surface area (Å²) in [5.41, 5.74) is 0.408. The van der Waals surface area contributed by atoms with Gasteiger partial charge in [0.25, 0.3) is 0 Å². The Hall–Kier alpha value is -2.09. The minimum atomic E-state index is -4.65. The number of nitrogens with zero attached hydrogens (tertiary/aromatic N) is 2. The van der Waals surface area contributed by atoms with E-state index >= 15 is 0 Å². The third kappa shape index (κ3) is 3.52. The van der Waals surface area contributed by atoms with Crippen LogP contribution in [0.5, 0.6) is 0 Å². The fourth-order valence-corrected chi connectivity index (χ4v) is 1.91. The van der Waals surface area contributed by atoms with Crippen molar-refractivity contribution >= 4 is 16.9 Å². The van der Waals surface area contributed by atoms with Crippen molar-refractivity contribution in [3.8, 4) is 0 Å². The van der Waals surface area contributed by atoms with Crippen LogP contribution in [0.15, 0.2) is 24.3 Å². The summed E-state index contributed by atoms with van der Waals surface area (Å²) in [4.78, 5) is 15.2. The number of hydrogen-bond donors (Lipinski definition) is 2. The van der Waals surface area contributed by atoms with Crippen LogP contribution in [-0.4, -0.2) is 33.2 Å². The number of alkyl halides is 3. The van der Waals surface area contributed by atoms with Gasteiger partial charge in [-0.25, -0.2) is 4.98 Å². The smallest absolute Gasteiger partial charge is 0.392 e. The van der Waals surface area contributed by atoms with Crippen molar-refractivity contribution in [3.63, 3.8) is 0 Å². The van der Waals surface area contributed by atoms with Crippen LogP contribution in [0.1, 0.15) is 12.7 Å². The average Bonchev–Trinajstić information content (AvgIpc) is 2.75. The minimum absolute atomic E-state index is 0.0210. The maximum absolute atomic E-state index is 13.0. The fraction of sp³-hybridized carbons (Fsp3) is 0.385. The Kier molecular flexibility index (Phi) is 4.17. The number of carbonyl (C=O) groups excluding carboxylic acids is 1. The van der Waals surface area contributed by atoms with Crippen LogP contribution >= 0.6 is 0 Å². The molecule has 0 saturated carbocycles. The van der Waals surface area contributed by atoms with E-state index in [1.54, 1.807) is 12.1 Å². The Morgan fingerprint density at radius 3 is 2.71 bits per heavy atom. The summed E-state index contributed by atoms with van der Waals surface area (Å²) in [6.45, 7) is 0.933. The van der Waals surface area contributed by atoms with Gasteiger partial charge in [-0.05, 0) is 19.1 Å². The van der Waals surface area contributed by atoms with Gasteiger partial charge in [0.1, 0.15) is 6.54 Å². The van der Waals surface area contributed by atoms with Gasteiger partial charge in [0.15, 0.2) is 0 Å². The third-order valence-corrected chi connectivity index (χ3v) is 2.80. The number of amides is 1. The summed E-state index contributed by atoms with van der Waals surface area (Å²) in [6.07, 6.45) is -5.42. The number of hydrogen-bond acceptors (Lipinski definition) is 3. The van der Waals surface area contributed by atoms with E-state index in [1.807, 2.05) is 0 Å². The molecule has 0 spiro atoms. The lowest BCUT2D eigenvalue weighted by atomic mass is 10.3. The molecule has 8 heteroatoms. The summed E-state index contributed by atoms with van der Waals surface area (Å²) in [7, 11) is 0. The molecule has 2 rings (SSSR count). The van der Waals surface area contributed by atoms with E-state index in [9.17, 15) is 18.0 Å². The Labute approximate surface area is 118 Å². The molecule has 0 fully saturated rings. The minimum Gasteiger partial charge on any atom is -0.392 e. The molecule has 114 valence electrons. The molecule has 1 unspecified atom stereocenters. The summed E-state index contributed by atoms with van der Waals surface area (Å²) < 4.78 is 39.8. The molecule has 2 aromatic rings. The number of rotatable bonds is 4. The van der Waals surface area contributed by atoms with Crippen molar-refractivity contribution in [3.05, 3.63) is 30.1 Å². The molecule has 0 saturated heterocycles. The first-order valence-corrected chi connectivity index (χ1v) is 6.26. The van der Waals surface area contributed by atoms with Crippen molar-refractivity contribution in [2.45, 2.75) is 25.7 Å². The summed E-state index contributed by atoms with van der Waals surface area (Å²) in [5, 5.41) is 11.4. The van der Waals surface area contributed by atoms with Gasteiger partial charge >= 0.3 is 6.18 Å². The van der Waals surface area contributed by atoms with Crippen LogP contribution in [0.2, 0.25) is 0 Å². The predicted octanol–water partition coefficient (Wildman–Crippen LogP) is 1.55. The molecule has 21 heavy (non-hydrogen) atoms. The Balaban J connectivity index is 2.34. The Morgan fingerprint density at radius 2 is 2.10 bits per heavy atom. The molecular formula is C13H14F3N3O2. The fourth-order valence-electron chi connectivity index (χ4n) is 1.91. The number of halogens is 3. The first-order chi connectivity index (χ1) is 9.79. The van der Waals surface area contributed by atoms with Gasteiger partial charge in [-0.3, -0.25) is 4.79 Å². The molecule has 1 aromatic heterocycles. The molecule has 1 aromatic carbocycles. The maximum atomic E-state index is 13.0. The molecule has 1 atom stereocenters. The van der Waals surface area contributed by atoms with Crippen LogP contribution in [0, 0.1) is 0 Å². The predicted molar refractivity (Wildman–Crippen MR) is 69.4 cm³/mol. The van der Waals surface area contributed by atoms with Crippen molar-refractivity contribution in [2.24, 2.45) is 0 Å². The van der Waals surface area contributed by atoms with Gasteiger partial charge in [0.05, 0.1) is 17.1 Å². The van der Waals surface area contributed by atoms with Crippen LogP contribution in [0.4, 0.5) is 13.2 Å². The van der Waals surface area contributed by atoms with Gasteiger partial charge < -0.3 is 15.0 Å². The van der Waals surface area contributed by atoms with Gasteiger partial charge in [-0.1, -0.05) is 12.1 Å². The van der Waals surface area contributed by atoms with E-state index in [0.717, 1.165) is 4.57 Å². The highest BCUT2D eigenvalue weighted by molar-refractivity contribution is 5.81. The number of nitrogens with one attached hydrogen (secondary N) is 1. The number of aliphatic hydroxyl groups is 1. The molecule has 0 aliphatic carbocycles. The summed E-state index contributed by atoms with van der Waals surface area (Å²) in [6, 6.07) is 6.08. The highest BCUT2D eigenvalue weighted by Crippen LogP contribution is 2.31. The topological polar surface area (TPSA) is 67.2 Å². The number of aliphatic hydroxyl groups excluding tert-OH is 1. The van der Waals surface area contributed by atoms with Crippen molar-refractivity contribution < 1.29 is 23.1 Å². The Morgan fingerprint density at radius 1 is 1.43 bits per heavy atom. The second-order valence-corrected chi connectivity index (χ2v) is 4.66. The second-order valence-electron chi connectivity index (χ2n) is 4.66. The van der Waals surface area contributed by atoms with E-state index < -0.39 is 30.6 Å². The largest absolute Gasteiger partial charge is 0.449 e. The van der Waals surface area contributed by atoms with Crippen molar-refractivity contribution in [2.75, 3.05) is 6.54 Å². The molecular weight excluding hydrogens is 287 g/mol. The number of carbonyl (C=O) groups is 1. The average molecular weight is 301 g/mol. The van der Waals surface area contributed by atoms with Crippen LogP contribution < -0.4 is 5.32 Å². The molecule has 0 aliphatic rings. The number of fused-ring (bicyclic) bond motifs is 1. The zero-order valence-electron chi connectivity index (χ0n) is 11.2. The van der Waals surface area contributed by atoms with Crippen LogP contribution in [0.25, 0.3) is 11.0 Å². The molecule has 5 nitrogen and oxygen atoms in total. The SMILES string of the molecule is CC(O)CNC(=O)Cn1c(C(F)(F)F)nc2ccccc21. The number of para-hydroxylation sites is 2. The second kappa shape index (κ2) is 5.72. The lowest BCUT2D eigenvalue weighted by Gasteiger charge is -2.12. The first-order valence-electron chi connectivity index (χ1n) is 6.26. The zero-order valence-corrected chi connectivity index (χ0v) is 11.2. The summed E-state index contributed by atoms with van der Waals surface area (Å²) in [5.74, 6) is -1.74.